The van der Waals surface area contributed by atoms with E-state index in [2.05, 4.69) is 22.5 Å². The molecule has 64 valence electrons. The van der Waals surface area contributed by atoms with Crippen LogP contribution in [0.15, 0.2) is 0 Å². The van der Waals surface area contributed by atoms with Gasteiger partial charge in [-0.2, -0.15) is 0 Å². The summed E-state index contributed by atoms with van der Waals surface area (Å²) < 4.78 is 2.50. The van der Waals surface area contributed by atoms with Crippen molar-refractivity contribution in [3.8, 4) is 0 Å². The number of hydrogen-bond donors (Lipinski definition) is 0. The molecule has 2 aliphatic rings. The SMILES string of the molecule is CSN1CC2CC(C1)N(C)C2. The smallest absolute Gasteiger partial charge is 0.0246 e. The average molecular weight is 172 g/mol. The van der Waals surface area contributed by atoms with Gasteiger partial charge in [0.15, 0.2) is 0 Å². The first-order chi connectivity index (χ1) is 5.29. The molecule has 2 unspecified atom stereocenters. The molecule has 2 aliphatic heterocycles. The van der Waals surface area contributed by atoms with Crippen molar-refractivity contribution >= 4 is 11.9 Å². The molecule has 0 aromatic heterocycles. The average Bonchev–Trinajstić information content (AvgIpc) is 2.26. The first-order valence-electron chi connectivity index (χ1n) is 4.29. The predicted octanol–water partition coefficient (Wildman–Crippen LogP) is 0.900. The Balaban J connectivity index is 2.00. The summed E-state index contributed by atoms with van der Waals surface area (Å²) >= 11 is 1.90. The molecular formula is C8H16N2S. The third-order valence-corrected chi connectivity index (χ3v) is 3.72. The van der Waals surface area contributed by atoms with Crippen LogP contribution in [0.3, 0.4) is 0 Å². The van der Waals surface area contributed by atoms with Crippen LogP contribution in [0.2, 0.25) is 0 Å². The fourth-order valence-electron chi connectivity index (χ4n) is 2.29. The molecular weight excluding hydrogens is 156 g/mol. The van der Waals surface area contributed by atoms with Gasteiger partial charge in [-0.25, -0.2) is 4.31 Å². The molecule has 2 rings (SSSR count). The van der Waals surface area contributed by atoms with Crippen LogP contribution in [-0.2, 0) is 0 Å². The van der Waals surface area contributed by atoms with Gasteiger partial charge in [-0.15, -0.1) is 0 Å². The third kappa shape index (κ3) is 1.42. The molecule has 2 heterocycles. The molecule has 0 amide bonds. The van der Waals surface area contributed by atoms with Gasteiger partial charge in [-0.05, 0) is 25.6 Å². The Bertz CT molecular complexity index is 149. The van der Waals surface area contributed by atoms with E-state index in [4.69, 9.17) is 0 Å². The van der Waals surface area contributed by atoms with E-state index in [1.54, 1.807) is 0 Å². The molecule has 0 saturated carbocycles. The Morgan fingerprint density at radius 1 is 1.27 bits per heavy atom. The minimum absolute atomic E-state index is 0.848. The van der Waals surface area contributed by atoms with Crippen molar-refractivity contribution in [2.24, 2.45) is 5.92 Å². The number of likely N-dealkylation sites (tertiary alicyclic amines) is 1. The highest BCUT2D eigenvalue weighted by molar-refractivity contribution is 7.96. The Labute approximate surface area is 73.1 Å². The van der Waals surface area contributed by atoms with Crippen LogP contribution in [0.1, 0.15) is 6.42 Å². The van der Waals surface area contributed by atoms with Crippen molar-refractivity contribution in [3.63, 3.8) is 0 Å². The quantitative estimate of drug-likeness (QED) is 0.543. The molecule has 3 heteroatoms. The molecule has 2 saturated heterocycles. The Kier molecular flexibility index (Phi) is 2.12. The standard InChI is InChI=1S/C8H16N2S/c1-9-4-7-3-8(9)6-10(5-7)11-2/h7-8H,3-6H2,1-2H3. The van der Waals surface area contributed by atoms with Crippen molar-refractivity contribution < 1.29 is 0 Å². The number of piperidine rings is 1. The molecule has 0 aromatic carbocycles. The van der Waals surface area contributed by atoms with E-state index in [-0.39, 0.29) is 0 Å². The maximum Gasteiger partial charge on any atom is 0.0246 e. The molecule has 0 aliphatic carbocycles. The molecule has 2 fully saturated rings. The van der Waals surface area contributed by atoms with Gasteiger partial charge in [0.25, 0.3) is 0 Å². The minimum atomic E-state index is 0.848. The maximum absolute atomic E-state index is 2.51. The van der Waals surface area contributed by atoms with E-state index in [0.717, 1.165) is 12.0 Å². The summed E-state index contributed by atoms with van der Waals surface area (Å²) in [4.78, 5) is 2.51. The zero-order valence-corrected chi connectivity index (χ0v) is 8.10. The van der Waals surface area contributed by atoms with E-state index in [0.29, 0.717) is 0 Å². The van der Waals surface area contributed by atoms with Crippen molar-refractivity contribution in [3.05, 3.63) is 0 Å². The van der Waals surface area contributed by atoms with Gasteiger partial charge < -0.3 is 4.90 Å². The van der Waals surface area contributed by atoms with E-state index in [1.807, 2.05) is 11.9 Å². The zero-order chi connectivity index (χ0) is 7.84. The van der Waals surface area contributed by atoms with E-state index < -0.39 is 0 Å². The van der Waals surface area contributed by atoms with Gasteiger partial charge >= 0.3 is 0 Å². The van der Waals surface area contributed by atoms with Gasteiger partial charge in [-0.1, -0.05) is 11.9 Å². The number of rotatable bonds is 1. The number of fused-ring (bicyclic) bond motifs is 2. The Hall–Kier alpha value is 0.270. The van der Waals surface area contributed by atoms with Gasteiger partial charge in [-0.3, -0.25) is 0 Å². The van der Waals surface area contributed by atoms with E-state index in [1.165, 1.54) is 26.1 Å². The highest BCUT2D eigenvalue weighted by Crippen LogP contribution is 2.30. The van der Waals surface area contributed by atoms with Gasteiger partial charge in [0, 0.05) is 25.7 Å². The van der Waals surface area contributed by atoms with Crippen LogP contribution in [0.4, 0.5) is 0 Å². The summed E-state index contributed by atoms with van der Waals surface area (Å²) in [7, 11) is 2.26. The minimum Gasteiger partial charge on any atom is -0.302 e. The second kappa shape index (κ2) is 2.96. The van der Waals surface area contributed by atoms with Gasteiger partial charge in [0.1, 0.15) is 0 Å². The number of hydrogen-bond acceptors (Lipinski definition) is 3. The monoisotopic (exact) mass is 172 g/mol. The van der Waals surface area contributed by atoms with Crippen LogP contribution in [0.25, 0.3) is 0 Å². The van der Waals surface area contributed by atoms with Crippen LogP contribution < -0.4 is 0 Å². The fourth-order valence-corrected chi connectivity index (χ4v) is 2.97. The summed E-state index contributed by atoms with van der Waals surface area (Å²) in [5.74, 6) is 0.950. The Morgan fingerprint density at radius 2 is 2.09 bits per heavy atom. The van der Waals surface area contributed by atoms with E-state index in [9.17, 15) is 0 Å². The fraction of sp³-hybridized carbons (Fsp3) is 1.00. The van der Waals surface area contributed by atoms with Crippen molar-refractivity contribution in [2.45, 2.75) is 12.5 Å². The van der Waals surface area contributed by atoms with Crippen LogP contribution in [-0.4, -0.2) is 48.2 Å². The lowest BCUT2D eigenvalue weighted by Crippen LogP contribution is -2.37. The predicted molar refractivity (Wildman–Crippen MR) is 49.6 cm³/mol. The zero-order valence-electron chi connectivity index (χ0n) is 7.29. The largest absolute Gasteiger partial charge is 0.302 e. The van der Waals surface area contributed by atoms with Gasteiger partial charge in [0.2, 0.25) is 0 Å². The molecule has 2 nitrogen and oxygen atoms in total. The Morgan fingerprint density at radius 3 is 2.73 bits per heavy atom. The van der Waals surface area contributed by atoms with E-state index >= 15 is 0 Å². The maximum atomic E-state index is 2.51. The lowest BCUT2D eigenvalue weighted by molar-refractivity contribution is 0.263. The van der Waals surface area contributed by atoms with Crippen LogP contribution in [0.5, 0.6) is 0 Å². The third-order valence-electron chi connectivity index (χ3n) is 2.91. The normalized spacial score (nSPS) is 39.8. The first kappa shape index (κ1) is 7.90. The molecule has 2 atom stereocenters. The summed E-state index contributed by atoms with van der Waals surface area (Å²) in [5.41, 5.74) is 0. The summed E-state index contributed by atoms with van der Waals surface area (Å²) in [6.07, 6.45) is 3.62. The van der Waals surface area contributed by atoms with Gasteiger partial charge in [0.05, 0.1) is 0 Å². The topological polar surface area (TPSA) is 6.48 Å². The summed E-state index contributed by atoms with van der Waals surface area (Å²) in [5, 5.41) is 0. The van der Waals surface area contributed by atoms with Crippen LogP contribution >= 0.6 is 11.9 Å². The molecule has 0 spiro atoms. The van der Waals surface area contributed by atoms with Crippen molar-refractivity contribution in [1.29, 1.82) is 0 Å². The lowest BCUT2D eigenvalue weighted by Gasteiger charge is -2.29. The summed E-state index contributed by atoms with van der Waals surface area (Å²) in [6.45, 7) is 3.90. The highest BCUT2D eigenvalue weighted by Gasteiger charge is 2.36. The highest BCUT2D eigenvalue weighted by atomic mass is 32.2. The number of nitrogens with zero attached hydrogens (tertiary/aromatic N) is 2. The first-order valence-corrected chi connectivity index (χ1v) is 5.47. The molecule has 2 bridgehead atoms. The molecule has 0 aromatic rings. The molecule has 0 radical (unpaired) electrons. The van der Waals surface area contributed by atoms with Crippen LogP contribution in [0, 0.1) is 5.92 Å². The summed E-state index contributed by atoms with van der Waals surface area (Å²) in [6, 6.07) is 0.848. The number of likely N-dealkylation sites (N-methyl/N-ethyl adjacent to an activating group) is 1. The second-order valence-corrected chi connectivity index (χ2v) is 4.61. The lowest BCUT2D eigenvalue weighted by atomic mass is 10.0. The second-order valence-electron chi connectivity index (χ2n) is 3.72. The van der Waals surface area contributed by atoms with Crippen molar-refractivity contribution in [1.82, 2.24) is 9.21 Å². The molecule has 11 heavy (non-hydrogen) atoms. The van der Waals surface area contributed by atoms with Crippen molar-refractivity contribution in [2.75, 3.05) is 32.9 Å². The molecule has 0 N–H and O–H groups in total.